The summed E-state index contributed by atoms with van der Waals surface area (Å²) in [7, 11) is 0. The van der Waals surface area contributed by atoms with Crippen molar-refractivity contribution in [2.45, 2.75) is 38.6 Å². The van der Waals surface area contributed by atoms with Crippen molar-refractivity contribution in [2.24, 2.45) is 5.92 Å². The summed E-state index contributed by atoms with van der Waals surface area (Å²) < 4.78 is 1.21. The maximum atomic E-state index is 5.96. The molecule has 0 amide bonds. The van der Waals surface area contributed by atoms with Gasteiger partial charge in [-0.25, -0.2) is 0 Å². The topological polar surface area (TPSA) is 12.0 Å². The van der Waals surface area contributed by atoms with Crippen molar-refractivity contribution in [3.8, 4) is 0 Å². The molecule has 2 unspecified atom stereocenters. The molecule has 0 radical (unpaired) electrons. The summed E-state index contributed by atoms with van der Waals surface area (Å²) in [5, 5.41) is 4.47. The lowest BCUT2D eigenvalue weighted by Crippen LogP contribution is -2.30. The number of nitrogens with one attached hydrogen (secondary N) is 1. The molecule has 1 fully saturated rings. The number of hydrogen-bond donors (Lipinski definition) is 1. The Labute approximate surface area is 116 Å². The Bertz CT molecular complexity index is 367. The van der Waals surface area contributed by atoms with Crippen LogP contribution < -0.4 is 5.32 Å². The van der Waals surface area contributed by atoms with Gasteiger partial charge < -0.3 is 5.32 Å². The normalized spacial score (nSPS) is 25.4. The van der Waals surface area contributed by atoms with Crippen molar-refractivity contribution in [2.75, 3.05) is 5.32 Å². The second kappa shape index (κ2) is 5.58. The summed E-state index contributed by atoms with van der Waals surface area (Å²) in [6, 6.07) is 6.69. The van der Waals surface area contributed by atoms with E-state index in [1.807, 2.05) is 12.1 Å². The molecule has 88 valence electrons. The van der Waals surface area contributed by atoms with Crippen LogP contribution in [0.25, 0.3) is 0 Å². The Morgan fingerprint density at radius 3 is 2.75 bits per heavy atom. The fourth-order valence-electron chi connectivity index (χ4n) is 2.34. The second-order valence-electron chi connectivity index (χ2n) is 4.64. The zero-order valence-corrected chi connectivity index (χ0v) is 12.4. The van der Waals surface area contributed by atoms with Gasteiger partial charge in [-0.2, -0.15) is 0 Å². The van der Waals surface area contributed by atoms with Crippen molar-refractivity contribution >= 4 is 39.9 Å². The van der Waals surface area contributed by atoms with E-state index in [-0.39, 0.29) is 0 Å². The molecule has 0 saturated heterocycles. The Hall–Kier alpha value is 0.0400. The first-order valence-electron chi connectivity index (χ1n) is 5.88. The Kier molecular flexibility index (Phi) is 4.36. The molecule has 0 aromatic heterocycles. The molecule has 1 saturated carbocycles. The van der Waals surface area contributed by atoms with Gasteiger partial charge in [0.1, 0.15) is 0 Å². The quantitative estimate of drug-likeness (QED) is 0.746. The number of halogens is 2. The predicted octanol–water partition coefficient (Wildman–Crippen LogP) is 4.94. The molecule has 1 aromatic carbocycles. The summed E-state index contributed by atoms with van der Waals surface area (Å²) in [6.07, 6.45) is 5.38. The lowest BCUT2D eigenvalue weighted by atomic mass is 9.86. The minimum atomic E-state index is 0.628. The van der Waals surface area contributed by atoms with E-state index < -0.39 is 0 Å². The van der Waals surface area contributed by atoms with Crippen molar-refractivity contribution in [3.63, 3.8) is 0 Å². The van der Waals surface area contributed by atoms with E-state index in [1.165, 1.54) is 34.9 Å². The average Bonchev–Trinajstić information content (AvgIpc) is 2.25. The fourth-order valence-corrected chi connectivity index (χ4v) is 3.36. The Morgan fingerprint density at radius 2 is 2.06 bits per heavy atom. The van der Waals surface area contributed by atoms with Crippen LogP contribution in [-0.2, 0) is 0 Å². The highest BCUT2D eigenvalue weighted by atomic mass is 127. The van der Waals surface area contributed by atoms with Gasteiger partial charge in [0, 0.05) is 20.3 Å². The molecule has 0 heterocycles. The van der Waals surface area contributed by atoms with Crippen molar-refractivity contribution in [1.82, 2.24) is 0 Å². The van der Waals surface area contributed by atoms with Crippen LogP contribution >= 0.6 is 34.2 Å². The zero-order valence-electron chi connectivity index (χ0n) is 9.47. The van der Waals surface area contributed by atoms with Crippen LogP contribution in [0.15, 0.2) is 18.2 Å². The van der Waals surface area contributed by atoms with Gasteiger partial charge in [-0.1, -0.05) is 31.4 Å². The van der Waals surface area contributed by atoms with Gasteiger partial charge >= 0.3 is 0 Å². The lowest BCUT2D eigenvalue weighted by Gasteiger charge is -2.30. The number of benzene rings is 1. The van der Waals surface area contributed by atoms with Crippen LogP contribution in [0.4, 0.5) is 5.69 Å². The first-order chi connectivity index (χ1) is 7.66. The van der Waals surface area contributed by atoms with Gasteiger partial charge in [0.25, 0.3) is 0 Å². The predicted molar refractivity (Wildman–Crippen MR) is 79.2 cm³/mol. The van der Waals surface area contributed by atoms with Crippen LogP contribution in [0.5, 0.6) is 0 Å². The van der Waals surface area contributed by atoms with Gasteiger partial charge in [0.2, 0.25) is 0 Å². The molecular weight excluding hydrogens is 333 g/mol. The molecule has 0 spiro atoms. The molecule has 2 rings (SSSR count). The van der Waals surface area contributed by atoms with Crippen LogP contribution in [0.3, 0.4) is 0 Å². The number of hydrogen-bond acceptors (Lipinski definition) is 1. The summed E-state index contributed by atoms with van der Waals surface area (Å²) in [4.78, 5) is 0. The average molecular weight is 350 g/mol. The SMILES string of the molecule is CC1CCCCC1Nc1ccc(Cl)cc1I. The third-order valence-corrected chi connectivity index (χ3v) is 4.51. The van der Waals surface area contributed by atoms with E-state index in [0.717, 1.165) is 10.9 Å². The van der Waals surface area contributed by atoms with Gasteiger partial charge in [-0.3, -0.25) is 0 Å². The third-order valence-electron chi connectivity index (χ3n) is 3.38. The maximum Gasteiger partial charge on any atom is 0.0479 e. The molecule has 1 N–H and O–H groups in total. The summed E-state index contributed by atoms with van der Waals surface area (Å²) >= 11 is 8.30. The van der Waals surface area contributed by atoms with E-state index in [4.69, 9.17) is 11.6 Å². The minimum absolute atomic E-state index is 0.628. The molecule has 0 aliphatic heterocycles. The van der Waals surface area contributed by atoms with Crippen LogP contribution in [0.2, 0.25) is 5.02 Å². The van der Waals surface area contributed by atoms with Crippen LogP contribution in [0.1, 0.15) is 32.6 Å². The highest BCUT2D eigenvalue weighted by Gasteiger charge is 2.21. The van der Waals surface area contributed by atoms with E-state index in [2.05, 4.69) is 40.9 Å². The van der Waals surface area contributed by atoms with E-state index in [1.54, 1.807) is 0 Å². The summed E-state index contributed by atoms with van der Waals surface area (Å²) in [5.41, 5.74) is 1.23. The van der Waals surface area contributed by atoms with Gasteiger partial charge in [-0.15, -0.1) is 0 Å². The second-order valence-corrected chi connectivity index (χ2v) is 6.24. The minimum Gasteiger partial charge on any atom is -0.381 e. The molecule has 16 heavy (non-hydrogen) atoms. The summed E-state index contributed by atoms with van der Waals surface area (Å²) in [5.74, 6) is 0.778. The number of anilines is 1. The third kappa shape index (κ3) is 3.04. The number of rotatable bonds is 2. The maximum absolute atomic E-state index is 5.96. The molecule has 1 aromatic rings. The largest absolute Gasteiger partial charge is 0.381 e. The highest BCUT2D eigenvalue weighted by molar-refractivity contribution is 14.1. The van der Waals surface area contributed by atoms with Crippen LogP contribution in [-0.4, -0.2) is 6.04 Å². The lowest BCUT2D eigenvalue weighted by molar-refractivity contribution is 0.349. The smallest absolute Gasteiger partial charge is 0.0479 e. The van der Waals surface area contributed by atoms with E-state index in [0.29, 0.717) is 6.04 Å². The van der Waals surface area contributed by atoms with Gasteiger partial charge in [0.05, 0.1) is 0 Å². The summed E-state index contributed by atoms with van der Waals surface area (Å²) in [6.45, 7) is 2.35. The Balaban J connectivity index is 2.07. The molecule has 1 aliphatic carbocycles. The fraction of sp³-hybridized carbons (Fsp3) is 0.538. The molecule has 1 aliphatic rings. The van der Waals surface area contributed by atoms with Crippen molar-refractivity contribution in [3.05, 3.63) is 26.8 Å². The molecule has 3 heteroatoms. The first-order valence-corrected chi connectivity index (χ1v) is 7.34. The standard InChI is InChI=1S/C13H17ClIN/c1-9-4-2-3-5-12(9)16-13-7-6-10(14)8-11(13)15/h6-9,12,16H,2-5H2,1H3. The molecule has 1 nitrogen and oxygen atoms in total. The van der Waals surface area contributed by atoms with E-state index >= 15 is 0 Å². The monoisotopic (exact) mass is 349 g/mol. The first kappa shape index (κ1) is 12.5. The van der Waals surface area contributed by atoms with Gasteiger partial charge in [-0.05, 0) is 59.5 Å². The highest BCUT2D eigenvalue weighted by Crippen LogP contribution is 2.29. The van der Waals surface area contributed by atoms with Crippen molar-refractivity contribution in [1.29, 1.82) is 0 Å². The van der Waals surface area contributed by atoms with Crippen LogP contribution in [0, 0.1) is 9.49 Å². The molecule has 2 atom stereocenters. The van der Waals surface area contributed by atoms with Gasteiger partial charge in [0.15, 0.2) is 0 Å². The Morgan fingerprint density at radius 1 is 1.31 bits per heavy atom. The van der Waals surface area contributed by atoms with E-state index in [9.17, 15) is 0 Å². The molecule has 0 bridgehead atoms. The zero-order chi connectivity index (χ0) is 11.5. The van der Waals surface area contributed by atoms with Crippen molar-refractivity contribution < 1.29 is 0 Å². The molecular formula is C13H17ClIN.